The van der Waals surface area contributed by atoms with Crippen molar-refractivity contribution in [3.63, 3.8) is 0 Å². The Morgan fingerprint density at radius 2 is 2.12 bits per heavy atom. The van der Waals surface area contributed by atoms with Crippen LogP contribution in [0.5, 0.6) is 0 Å². The fraction of sp³-hybridized carbons (Fsp3) is 0.167. The number of allylic oxidation sites excluding steroid dienone is 1. The summed E-state index contributed by atoms with van der Waals surface area (Å²) in [4.78, 5) is 13.2. The second-order valence-corrected chi connectivity index (χ2v) is 7.33. The molecule has 0 bridgehead atoms. The van der Waals surface area contributed by atoms with Crippen molar-refractivity contribution >= 4 is 29.0 Å². The second-order valence-electron chi connectivity index (χ2n) is 5.36. The molecule has 26 heavy (non-hydrogen) atoms. The van der Waals surface area contributed by atoms with Crippen molar-refractivity contribution in [1.82, 2.24) is 20.1 Å². The highest BCUT2D eigenvalue weighted by molar-refractivity contribution is 7.99. The Kier molecular flexibility index (Phi) is 6.19. The smallest absolute Gasteiger partial charge is 0.230 e. The van der Waals surface area contributed by atoms with E-state index in [4.69, 9.17) is 0 Å². The SMILES string of the molecule is C=CCn1c(SCC(=O)NCc2cccs2)nnc1-c1ccc(F)cc1. The Morgan fingerprint density at radius 1 is 1.31 bits per heavy atom. The maximum absolute atomic E-state index is 13.1. The molecule has 2 aromatic heterocycles. The summed E-state index contributed by atoms with van der Waals surface area (Å²) in [6, 6.07) is 10.0. The quantitative estimate of drug-likeness (QED) is 0.472. The van der Waals surface area contributed by atoms with Crippen molar-refractivity contribution in [2.75, 3.05) is 5.75 Å². The van der Waals surface area contributed by atoms with Gasteiger partial charge in [0.25, 0.3) is 0 Å². The highest BCUT2D eigenvalue weighted by atomic mass is 32.2. The minimum absolute atomic E-state index is 0.0696. The monoisotopic (exact) mass is 388 g/mol. The van der Waals surface area contributed by atoms with Gasteiger partial charge in [0.1, 0.15) is 5.82 Å². The van der Waals surface area contributed by atoms with Crippen LogP contribution in [-0.4, -0.2) is 26.4 Å². The van der Waals surface area contributed by atoms with Crippen LogP contribution in [0.4, 0.5) is 4.39 Å². The summed E-state index contributed by atoms with van der Waals surface area (Å²) in [5.41, 5.74) is 0.759. The van der Waals surface area contributed by atoms with E-state index < -0.39 is 0 Å². The van der Waals surface area contributed by atoms with Gasteiger partial charge in [-0.15, -0.1) is 28.1 Å². The number of carbonyl (C=O) groups excluding carboxylic acids is 1. The normalized spacial score (nSPS) is 10.7. The van der Waals surface area contributed by atoms with E-state index >= 15 is 0 Å². The molecular weight excluding hydrogens is 371 g/mol. The molecule has 0 atom stereocenters. The molecule has 0 saturated carbocycles. The number of thiophene rings is 1. The molecule has 0 radical (unpaired) electrons. The Morgan fingerprint density at radius 3 is 2.81 bits per heavy atom. The fourth-order valence-electron chi connectivity index (χ4n) is 2.28. The summed E-state index contributed by atoms with van der Waals surface area (Å²) in [7, 11) is 0. The lowest BCUT2D eigenvalue weighted by molar-refractivity contribution is -0.118. The molecule has 0 aliphatic carbocycles. The zero-order valence-electron chi connectivity index (χ0n) is 13.9. The van der Waals surface area contributed by atoms with E-state index in [1.807, 2.05) is 22.1 Å². The molecule has 3 rings (SSSR count). The van der Waals surface area contributed by atoms with Crippen LogP contribution in [0.3, 0.4) is 0 Å². The van der Waals surface area contributed by atoms with E-state index in [9.17, 15) is 9.18 Å². The Bertz CT molecular complexity index is 875. The van der Waals surface area contributed by atoms with Gasteiger partial charge in [0.15, 0.2) is 11.0 Å². The standard InChI is InChI=1S/C18H17FN4OS2/c1-2-9-23-17(13-5-7-14(19)8-6-13)21-22-18(23)26-12-16(24)20-11-15-4-3-10-25-15/h2-8,10H,1,9,11-12H2,(H,20,24). The van der Waals surface area contributed by atoms with Gasteiger partial charge in [0, 0.05) is 17.0 Å². The van der Waals surface area contributed by atoms with Crippen LogP contribution in [0.1, 0.15) is 4.88 Å². The van der Waals surface area contributed by atoms with Crippen LogP contribution in [0, 0.1) is 5.82 Å². The molecule has 1 N–H and O–H groups in total. The zero-order valence-corrected chi connectivity index (χ0v) is 15.5. The van der Waals surface area contributed by atoms with E-state index in [2.05, 4.69) is 22.1 Å². The average Bonchev–Trinajstić information content (AvgIpc) is 3.29. The van der Waals surface area contributed by atoms with Crippen LogP contribution in [-0.2, 0) is 17.9 Å². The molecule has 8 heteroatoms. The molecule has 134 valence electrons. The third-order valence-corrected chi connectivity index (χ3v) is 5.35. The van der Waals surface area contributed by atoms with E-state index in [0.717, 1.165) is 10.4 Å². The van der Waals surface area contributed by atoms with Crippen LogP contribution in [0.15, 0.2) is 59.6 Å². The number of rotatable bonds is 8. The first-order valence-electron chi connectivity index (χ1n) is 7.89. The van der Waals surface area contributed by atoms with Gasteiger partial charge in [-0.2, -0.15) is 0 Å². The van der Waals surface area contributed by atoms with Gasteiger partial charge in [-0.05, 0) is 35.7 Å². The lowest BCUT2D eigenvalue weighted by atomic mass is 10.2. The molecule has 0 fully saturated rings. The Labute approximate surface area is 159 Å². The van der Waals surface area contributed by atoms with Gasteiger partial charge in [-0.3, -0.25) is 9.36 Å². The molecule has 0 aliphatic heterocycles. The zero-order chi connectivity index (χ0) is 18.4. The van der Waals surface area contributed by atoms with Crippen LogP contribution >= 0.6 is 23.1 Å². The number of nitrogens with one attached hydrogen (secondary N) is 1. The number of hydrogen-bond donors (Lipinski definition) is 1. The predicted octanol–water partition coefficient (Wildman–Crippen LogP) is 3.74. The van der Waals surface area contributed by atoms with E-state index in [1.165, 1.54) is 23.9 Å². The van der Waals surface area contributed by atoms with Crippen molar-refractivity contribution < 1.29 is 9.18 Å². The Balaban J connectivity index is 1.66. The number of nitrogens with zero attached hydrogens (tertiary/aromatic N) is 3. The van der Waals surface area contributed by atoms with Gasteiger partial charge in [-0.1, -0.05) is 23.9 Å². The van der Waals surface area contributed by atoms with Crippen molar-refractivity contribution in [3.8, 4) is 11.4 Å². The summed E-state index contributed by atoms with van der Waals surface area (Å²) in [6.07, 6.45) is 1.73. The van der Waals surface area contributed by atoms with E-state index in [0.29, 0.717) is 24.1 Å². The maximum atomic E-state index is 13.1. The van der Waals surface area contributed by atoms with Gasteiger partial charge in [-0.25, -0.2) is 4.39 Å². The number of carbonyl (C=O) groups is 1. The van der Waals surface area contributed by atoms with Crippen LogP contribution < -0.4 is 5.32 Å². The summed E-state index contributed by atoms with van der Waals surface area (Å²) in [6.45, 7) is 4.78. The molecule has 5 nitrogen and oxygen atoms in total. The lowest BCUT2D eigenvalue weighted by Crippen LogP contribution is -2.24. The van der Waals surface area contributed by atoms with Crippen molar-refractivity contribution in [3.05, 3.63) is 65.1 Å². The molecule has 0 saturated heterocycles. The summed E-state index contributed by atoms with van der Waals surface area (Å²) in [5.74, 6) is 0.483. The summed E-state index contributed by atoms with van der Waals surface area (Å²) >= 11 is 2.91. The number of aromatic nitrogens is 3. The van der Waals surface area contributed by atoms with Gasteiger partial charge in [0.05, 0.1) is 12.3 Å². The highest BCUT2D eigenvalue weighted by Gasteiger charge is 2.15. The van der Waals surface area contributed by atoms with E-state index in [1.54, 1.807) is 29.5 Å². The lowest BCUT2D eigenvalue weighted by Gasteiger charge is -2.08. The van der Waals surface area contributed by atoms with Gasteiger partial charge >= 0.3 is 0 Å². The molecule has 3 aromatic rings. The topological polar surface area (TPSA) is 59.8 Å². The first kappa shape index (κ1) is 18.3. The largest absolute Gasteiger partial charge is 0.350 e. The average molecular weight is 388 g/mol. The molecule has 0 unspecified atom stereocenters. The highest BCUT2D eigenvalue weighted by Crippen LogP contribution is 2.24. The molecule has 1 aromatic carbocycles. The molecule has 0 spiro atoms. The van der Waals surface area contributed by atoms with Crippen molar-refractivity contribution in [1.29, 1.82) is 0 Å². The number of amides is 1. The van der Waals surface area contributed by atoms with E-state index in [-0.39, 0.29) is 17.5 Å². The predicted molar refractivity (Wildman–Crippen MR) is 103 cm³/mol. The molecular formula is C18H17FN4OS2. The maximum Gasteiger partial charge on any atom is 0.230 e. The first-order chi connectivity index (χ1) is 12.7. The summed E-state index contributed by atoms with van der Waals surface area (Å²) in [5, 5.41) is 13.8. The number of benzene rings is 1. The first-order valence-corrected chi connectivity index (χ1v) is 9.76. The van der Waals surface area contributed by atoms with Crippen LogP contribution in [0.25, 0.3) is 11.4 Å². The molecule has 0 aliphatic rings. The number of hydrogen-bond acceptors (Lipinski definition) is 5. The minimum Gasteiger partial charge on any atom is -0.350 e. The fourth-order valence-corrected chi connectivity index (χ4v) is 3.70. The second kappa shape index (κ2) is 8.77. The van der Waals surface area contributed by atoms with Gasteiger partial charge in [0.2, 0.25) is 5.91 Å². The third kappa shape index (κ3) is 4.59. The number of halogens is 1. The van der Waals surface area contributed by atoms with Crippen molar-refractivity contribution in [2.45, 2.75) is 18.2 Å². The third-order valence-electron chi connectivity index (χ3n) is 3.50. The number of thioether (sulfide) groups is 1. The summed E-state index contributed by atoms with van der Waals surface area (Å²) < 4.78 is 15.0. The Hall–Kier alpha value is -2.45. The minimum atomic E-state index is -0.305. The van der Waals surface area contributed by atoms with Gasteiger partial charge < -0.3 is 5.32 Å². The van der Waals surface area contributed by atoms with Crippen molar-refractivity contribution in [2.24, 2.45) is 0 Å². The van der Waals surface area contributed by atoms with Crippen LogP contribution in [0.2, 0.25) is 0 Å². The molecule has 1 amide bonds. The molecule has 2 heterocycles.